The van der Waals surface area contributed by atoms with Gasteiger partial charge in [-0.2, -0.15) is 0 Å². The molecule has 2 aliphatic rings. The number of primary amides is 1. The lowest BCUT2D eigenvalue weighted by atomic mass is 9.86. The van der Waals surface area contributed by atoms with Crippen LogP contribution in [-0.2, 0) is 31.1 Å². The van der Waals surface area contributed by atoms with Crippen molar-refractivity contribution in [2.24, 2.45) is 11.7 Å². The standard InChI is InChI=1S/C25H31N5O6/c1-13(2)12-18(21(32)28-17(22(33)34)8-9-19(26)31)30-23(35)25(3)20-15(10-11-29(25)24(30)36)14-6-4-5-7-16(14)27-20/h4-7,13,17-18,27H,8-12H2,1-3H3,(H2,26,31)(H,28,32)(H,33,34)/t17-,18+,25-/m0/s1. The number of carboxylic acids is 1. The van der Waals surface area contributed by atoms with Gasteiger partial charge >= 0.3 is 12.0 Å². The minimum atomic E-state index is -1.38. The summed E-state index contributed by atoms with van der Waals surface area (Å²) in [6, 6.07) is 4.50. The lowest BCUT2D eigenvalue weighted by Crippen LogP contribution is -2.54. The van der Waals surface area contributed by atoms with Crippen LogP contribution in [0.15, 0.2) is 24.3 Å². The molecule has 5 N–H and O–H groups in total. The van der Waals surface area contributed by atoms with Gasteiger partial charge in [-0.25, -0.2) is 14.5 Å². The van der Waals surface area contributed by atoms with Crippen LogP contribution < -0.4 is 11.1 Å². The van der Waals surface area contributed by atoms with Gasteiger partial charge in [0.2, 0.25) is 11.8 Å². The first kappa shape index (κ1) is 25.2. The van der Waals surface area contributed by atoms with Crippen molar-refractivity contribution < 1.29 is 29.1 Å². The summed E-state index contributed by atoms with van der Waals surface area (Å²) in [7, 11) is 0. The Morgan fingerprint density at radius 2 is 1.92 bits per heavy atom. The van der Waals surface area contributed by atoms with Crippen LogP contribution in [0.25, 0.3) is 10.9 Å². The average Bonchev–Trinajstić information content (AvgIpc) is 3.28. The van der Waals surface area contributed by atoms with Crippen LogP contribution in [0.4, 0.5) is 4.79 Å². The zero-order valence-electron chi connectivity index (χ0n) is 20.5. The number of carbonyl (C=O) groups excluding carboxylic acids is 4. The van der Waals surface area contributed by atoms with Gasteiger partial charge in [0, 0.05) is 23.9 Å². The number of hydrogen-bond acceptors (Lipinski definition) is 5. The van der Waals surface area contributed by atoms with E-state index in [1.807, 2.05) is 38.1 Å². The van der Waals surface area contributed by atoms with Crippen LogP contribution in [-0.4, -0.2) is 68.2 Å². The van der Waals surface area contributed by atoms with Gasteiger partial charge in [-0.3, -0.25) is 14.4 Å². The first-order valence-corrected chi connectivity index (χ1v) is 12.0. The number of nitrogens with one attached hydrogen (secondary N) is 2. The number of imide groups is 1. The molecule has 2 aliphatic heterocycles. The Morgan fingerprint density at radius 3 is 2.56 bits per heavy atom. The number of amides is 5. The molecule has 4 rings (SSSR count). The lowest BCUT2D eigenvalue weighted by molar-refractivity contribution is -0.144. The molecular formula is C25H31N5O6. The highest BCUT2D eigenvalue weighted by atomic mass is 16.4. The van der Waals surface area contributed by atoms with Gasteiger partial charge in [-0.1, -0.05) is 32.0 Å². The molecule has 1 aromatic heterocycles. The fourth-order valence-corrected chi connectivity index (χ4v) is 5.28. The molecule has 3 atom stereocenters. The third kappa shape index (κ3) is 4.08. The van der Waals surface area contributed by atoms with Gasteiger partial charge in [0.25, 0.3) is 5.91 Å². The van der Waals surface area contributed by atoms with Crippen molar-refractivity contribution in [2.75, 3.05) is 6.54 Å². The topological polar surface area (TPSA) is 166 Å². The van der Waals surface area contributed by atoms with Crippen LogP contribution >= 0.6 is 0 Å². The molecule has 3 heterocycles. The van der Waals surface area contributed by atoms with Crippen LogP contribution in [0.1, 0.15) is 51.3 Å². The monoisotopic (exact) mass is 497 g/mol. The third-order valence-electron chi connectivity index (χ3n) is 7.10. The number of rotatable bonds is 9. The van der Waals surface area contributed by atoms with E-state index in [2.05, 4.69) is 10.3 Å². The smallest absolute Gasteiger partial charge is 0.328 e. The van der Waals surface area contributed by atoms with Gasteiger partial charge in [0.1, 0.15) is 12.1 Å². The van der Waals surface area contributed by atoms with Crippen molar-refractivity contribution in [3.8, 4) is 0 Å². The Labute approximate surface area is 208 Å². The van der Waals surface area contributed by atoms with E-state index >= 15 is 0 Å². The number of aromatic amines is 1. The Hall–Kier alpha value is -3.89. The number of H-pyrrole nitrogens is 1. The quantitative estimate of drug-likeness (QED) is 0.383. The fourth-order valence-electron chi connectivity index (χ4n) is 5.28. The van der Waals surface area contributed by atoms with Crippen LogP contribution in [0.5, 0.6) is 0 Å². The van der Waals surface area contributed by atoms with E-state index in [1.54, 1.807) is 6.92 Å². The second kappa shape index (κ2) is 9.29. The van der Waals surface area contributed by atoms with Crippen molar-refractivity contribution in [1.82, 2.24) is 20.1 Å². The normalized spacial score (nSPS) is 20.9. The zero-order valence-corrected chi connectivity index (χ0v) is 20.5. The number of aliphatic carboxylic acids is 1. The highest BCUT2D eigenvalue weighted by Gasteiger charge is 2.60. The highest BCUT2D eigenvalue weighted by Crippen LogP contribution is 2.45. The molecule has 2 aromatic rings. The van der Waals surface area contributed by atoms with Crippen molar-refractivity contribution in [3.63, 3.8) is 0 Å². The van der Waals surface area contributed by atoms with E-state index in [0.717, 1.165) is 21.4 Å². The van der Waals surface area contributed by atoms with Crippen LogP contribution in [0.2, 0.25) is 0 Å². The van der Waals surface area contributed by atoms with E-state index in [4.69, 9.17) is 5.73 Å². The second-order valence-corrected chi connectivity index (χ2v) is 10.0. The minimum absolute atomic E-state index is 0.0793. The van der Waals surface area contributed by atoms with Crippen molar-refractivity contribution in [3.05, 3.63) is 35.5 Å². The summed E-state index contributed by atoms with van der Waals surface area (Å²) in [5, 5.41) is 12.9. The number of hydrogen-bond donors (Lipinski definition) is 4. The maximum Gasteiger partial charge on any atom is 0.328 e. The van der Waals surface area contributed by atoms with Gasteiger partial charge in [0.05, 0.1) is 5.69 Å². The molecule has 0 bridgehead atoms. The molecule has 1 aromatic carbocycles. The molecule has 0 unspecified atom stereocenters. The molecule has 36 heavy (non-hydrogen) atoms. The maximum absolute atomic E-state index is 14.0. The molecular weight excluding hydrogens is 466 g/mol. The van der Waals surface area contributed by atoms with E-state index in [-0.39, 0.29) is 25.2 Å². The number of fused-ring (bicyclic) bond motifs is 5. The number of benzene rings is 1. The second-order valence-electron chi connectivity index (χ2n) is 10.0. The molecule has 5 amide bonds. The molecule has 0 radical (unpaired) electrons. The summed E-state index contributed by atoms with van der Waals surface area (Å²) in [6.07, 6.45) is 0.267. The molecule has 0 saturated carbocycles. The molecule has 0 aliphatic carbocycles. The minimum Gasteiger partial charge on any atom is -0.480 e. The zero-order chi connectivity index (χ0) is 26.4. The summed E-state index contributed by atoms with van der Waals surface area (Å²) >= 11 is 0. The van der Waals surface area contributed by atoms with Gasteiger partial charge in [-0.05, 0) is 43.7 Å². The molecule has 11 heteroatoms. The molecule has 0 spiro atoms. The Morgan fingerprint density at radius 1 is 1.22 bits per heavy atom. The van der Waals surface area contributed by atoms with E-state index in [1.165, 1.54) is 4.90 Å². The first-order chi connectivity index (χ1) is 17.0. The number of nitrogens with two attached hydrogens (primary N) is 1. The van der Waals surface area contributed by atoms with Crippen LogP contribution in [0, 0.1) is 5.92 Å². The number of para-hydroxylation sites is 1. The number of nitrogens with zero attached hydrogens (tertiary/aromatic N) is 2. The SMILES string of the molecule is CC(C)C[C@H](C(=O)N[C@@H](CCC(N)=O)C(=O)O)N1C(=O)N2CCc3c([nH]c4ccccc34)[C@@]2(C)C1=O. The van der Waals surface area contributed by atoms with Gasteiger partial charge < -0.3 is 26.0 Å². The molecule has 192 valence electrons. The highest BCUT2D eigenvalue weighted by molar-refractivity contribution is 6.11. The molecule has 11 nitrogen and oxygen atoms in total. The average molecular weight is 498 g/mol. The van der Waals surface area contributed by atoms with Crippen LogP contribution in [0.3, 0.4) is 0 Å². The number of carbonyl (C=O) groups is 5. The van der Waals surface area contributed by atoms with Gasteiger partial charge in [0.15, 0.2) is 5.54 Å². The predicted molar refractivity (Wildman–Crippen MR) is 130 cm³/mol. The molecule has 1 fully saturated rings. The summed E-state index contributed by atoms with van der Waals surface area (Å²) in [4.78, 5) is 69.5. The van der Waals surface area contributed by atoms with Crippen molar-refractivity contribution >= 4 is 40.6 Å². The lowest BCUT2D eigenvalue weighted by Gasteiger charge is -2.36. The predicted octanol–water partition coefficient (Wildman–Crippen LogP) is 1.45. The fraction of sp³-hybridized carbons (Fsp3) is 0.480. The van der Waals surface area contributed by atoms with E-state index in [9.17, 15) is 29.1 Å². The molecule has 1 saturated heterocycles. The summed E-state index contributed by atoms with van der Waals surface area (Å²) in [5.74, 6) is -3.41. The number of aromatic nitrogens is 1. The van der Waals surface area contributed by atoms with Crippen molar-refractivity contribution in [1.29, 1.82) is 0 Å². The summed E-state index contributed by atoms with van der Waals surface area (Å²) in [5.41, 5.74) is 6.27. The Balaban J connectivity index is 1.69. The number of urea groups is 1. The first-order valence-electron chi connectivity index (χ1n) is 12.0. The third-order valence-corrected chi connectivity index (χ3v) is 7.10. The summed E-state index contributed by atoms with van der Waals surface area (Å²) < 4.78 is 0. The maximum atomic E-state index is 14.0. The Bertz CT molecular complexity index is 1250. The van der Waals surface area contributed by atoms with Crippen molar-refractivity contribution in [2.45, 2.75) is 64.1 Å². The largest absolute Gasteiger partial charge is 0.480 e. The van der Waals surface area contributed by atoms with E-state index in [0.29, 0.717) is 18.7 Å². The van der Waals surface area contributed by atoms with Gasteiger partial charge in [-0.15, -0.1) is 0 Å². The Kier molecular flexibility index (Phi) is 6.50. The summed E-state index contributed by atoms with van der Waals surface area (Å²) in [6.45, 7) is 5.67. The van der Waals surface area contributed by atoms with E-state index < -0.39 is 47.3 Å². The number of carboxylic acid groups (broad SMARTS) is 1.